The van der Waals surface area contributed by atoms with Gasteiger partial charge in [-0.3, -0.25) is 9.78 Å². The summed E-state index contributed by atoms with van der Waals surface area (Å²) in [6, 6.07) is 0.231. The van der Waals surface area contributed by atoms with Crippen LogP contribution in [-0.2, 0) is 5.54 Å². The summed E-state index contributed by atoms with van der Waals surface area (Å²) in [6.45, 7) is 6.08. The molecule has 0 aliphatic heterocycles. The molecule has 3 N–H and O–H groups in total. The molecule has 0 aromatic carbocycles. The third-order valence-electron chi connectivity index (χ3n) is 4.11. The Balaban J connectivity index is 1.92. The molecule has 3 rings (SSSR count). The zero-order valence-electron chi connectivity index (χ0n) is 13.3. The summed E-state index contributed by atoms with van der Waals surface area (Å²) in [6.07, 6.45) is 4.68. The SMILES string of the molecule is CC(C)(C)n1ncc2c(=O)[nH]c(NC3CCC(O)CC3)nc21. The van der Waals surface area contributed by atoms with Gasteiger partial charge in [0.05, 0.1) is 17.8 Å². The van der Waals surface area contributed by atoms with Crippen LogP contribution in [0.3, 0.4) is 0 Å². The molecular weight excluding hydrogens is 282 g/mol. The Bertz CT molecular complexity index is 720. The highest BCUT2D eigenvalue weighted by molar-refractivity contribution is 5.74. The lowest BCUT2D eigenvalue weighted by atomic mass is 9.93. The molecular formula is C15H23N5O2. The maximum atomic E-state index is 12.2. The minimum Gasteiger partial charge on any atom is -0.393 e. The van der Waals surface area contributed by atoms with Crippen LogP contribution in [0.4, 0.5) is 5.95 Å². The van der Waals surface area contributed by atoms with E-state index in [-0.39, 0.29) is 23.2 Å². The number of hydrogen-bond acceptors (Lipinski definition) is 5. The van der Waals surface area contributed by atoms with Crippen molar-refractivity contribution in [3.63, 3.8) is 0 Å². The predicted octanol–water partition coefficient (Wildman–Crippen LogP) is 1.59. The Labute approximate surface area is 128 Å². The number of hydrogen-bond donors (Lipinski definition) is 3. The second-order valence-electron chi connectivity index (χ2n) is 7.03. The molecule has 2 aromatic heterocycles. The van der Waals surface area contributed by atoms with Gasteiger partial charge in [0, 0.05) is 6.04 Å². The smallest absolute Gasteiger partial charge is 0.263 e. The van der Waals surface area contributed by atoms with E-state index in [0.29, 0.717) is 17.0 Å². The van der Waals surface area contributed by atoms with Crippen LogP contribution in [0.1, 0.15) is 46.5 Å². The van der Waals surface area contributed by atoms with E-state index < -0.39 is 0 Å². The predicted molar refractivity (Wildman–Crippen MR) is 85.0 cm³/mol. The molecule has 2 heterocycles. The van der Waals surface area contributed by atoms with Gasteiger partial charge >= 0.3 is 0 Å². The van der Waals surface area contributed by atoms with Gasteiger partial charge in [-0.2, -0.15) is 10.1 Å². The van der Waals surface area contributed by atoms with E-state index in [0.717, 1.165) is 25.7 Å². The van der Waals surface area contributed by atoms with Crippen molar-refractivity contribution in [1.29, 1.82) is 0 Å². The maximum Gasteiger partial charge on any atom is 0.263 e. The summed E-state index contributed by atoms with van der Waals surface area (Å²) in [5, 5.41) is 17.6. The zero-order chi connectivity index (χ0) is 15.9. The number of aromatic amines is 1. The van der Waals surface area contributed by atoms with Crippen molar-refractivity contribution in [3.8, 4) is 0 Å². The molecule has 0 bridgehead atoms. The number of aliphatic hydroxyl groups excluding tert-OH is 1. The van der Waals surface area contributed by atoms with E-state index in [4.69, 9.17) is 0 Å². The lowest BCUT2D eigenvalue weighted by molar-refractivity contribution is 0.126. The van der Waals surface area contributed by atoms with Crippen LogP contribution in [0.2, 0.25) is 0 Å². The van der Waals surface area contributed by atoms with Gasteiger partial charge in [-0.05, 0) is 46.5 Å². The van der Waals surface area contributed by atoms with Gasteiger partial charge < -0.3 is 10.4 Å². The summed E-state index contributed by atoms with van der Waals surface area (Å²) in [5.41, 5.74) is 0.169. The fraction of sp³-hybridized carbons (Fsp3) is 0.667. The van der Waals surface area contributed by atoms with Crippen LogP contribution in [0.25, 0.3) is 11.0 Å². The third-order valence-corrected chi connectivity index (χ3v) is 4.11. The van der Waals surface area contributed by atoms with Crippen LogP contribution in [-0.4, -0.2) is 37.0 Å². The molecule has 1 aliphatic carbocycles. The van der Waals surface area contributed by atoms with Gasteiger partial charge in [-0.1, -0.05) is 0 Å². The molecule has 120 valence electrons. The van der Waals surface area contributed by atoms with Crippen LogP contribution in [0, 0.1) is 0 Å². The average Bonchev–Trinajstić information content (AvgIpc) is 2.86. The molecule has 7 heteroatoms. The first kappa shape index (κ1) is 15.0. The number of rotatable bonds is 2. The third kappa shape index (κ3) is 2.85. The van der Waals surface area contributed by atoms with Crippen LogP contribution < -0.4 is 10.9 Å². The molecule has 22 heavy (non-hydrogen) atoms. The van der Waals surface area contributed by atoms with E-state index >= 15 is 0 Å². The maximum absolute atomic E-state index is 12.2. The van der Waals surface area contributed by atoms with E-state index in [1.807, 2.05) is 20.8 Å². The summed E-state index contributed by atoms with van der Waals surface area (Å²) >= 11 is 0. The van der Waals surface area contributed by atoms with Gasteiger partial charge in [0.25, 0.3) is 5.56 Å². The molecule has 1 fully saturated rings. The highest BCUT2D eigenvalue weighted by atomic mass is 16.3. The molecule has 0 atom stereocenters. The van der Waals surface area contributed by atoms with Crippen LogP contribution >= 0.6 is 0 Å². The quantitative estimate of drug-likeness (QED) is 0.783. The number of nitrogens with one attached hydrogen (secondary N) is 2. The molecule has 1 aliphatic rings. The van der Waals surface area contributed by atoms with Gasteiger partial charge in [-0.25, -0.2) is 4.68 Å². The number of aliphatic hydroxyl groups is 1. The first-order valence-corrected chi connectivity index (χ1v) is 7.78. The van der Waals surface area contributed by atoms with Gasteiger partial charge in [0.2, 0.25) is 5.95 Å². The molecule has 0 radical (unpaired) electrons. The normalized spacial score (nSPS) is 22.9. The standard InChI is InChI=1S/C15H23N5O2/c1-15(2,3)20-12-11(8-16-20)13(22)19-14(18-12)17-9-4-6-10(21)7-5-9/h8-10,21H,4-7H2,1-3H3,(H2,17,18,19,22). The Morgan fingerprint density at radius 1 is 1.32 bits per heavy atom. The minimum atomic E-state index is -0.241. The van der Waals surface area contributed by atoms with Crippen molar-refractivity contribution in [2.75, 3.05) is 5.32 Å². The second-order valence-corrected chi connectivity index (χ2v) is 7.03. The summed E-state index contributed by atoms with van der Waals surface area (Å²) in [4.78, 5) is 19.5. The number of H-pyrrole nitrogens is 1. The summed E-state index contributed by atoms with van der Waals surface area (Å²) in [5.74, 6) is 0.477. The van der Waals surface area contributed by atoms with Crippen molar-refractivity contribution >= 4 is 17.0 Å². The van der Waals surface area contributed by atoms with Gasteiger partial charge in [0.1, 0.15) is 5.39 Å². The van der Waals surface area contributed by atoms with E-state index in [2.05, 4.69) is 20.4 Å². The lowest BCUT2D eigenvalue weighted by Crippen LogP contribution is -2.30. The molecule has 7 nitrogen and oxygen atoms in total. The Kier molecular flexibility index (Phi) is 3.68. The van der Waals surface area contributed by atoms with Crippen LogP contribution in [0.15, 0.2) is 11.0 Å². The first-order valence-electron chi connectivity index (χ1n) is 7.78. The number of anilines is 1. The second kappa shape index (κ2) is 5.39. The number of nitrogens with zero attached hydrogens (tertiary/aromatic N) is 3. The molecule has 2 aromatic rings. The monoisotopic (exact) mass is 305 g/mol. The molecule has 0 spiro atoms. The summed E-state index contributed by atoms with van der Waals surface area (Å²) in [7, 11) is 0. The van der Waals surface area contributed by atoms with E-state index in [1.165, 1.54) is 0 Å². The fourth-order valence-electron chi connectivity index (χ4n) is 2.89. The summed E-state index contributed by atoms with van der Waals surface area (Å²) < 4.78 is 1.77. The van der Waals surface area contributed by atoms with Crippen molar-refractivity contribution in [3.05, 3.63) is 16.6 Å². The largest absolute Gasteiger partial charge is 0.393 e. The fourth-order valence-corrected chi connectivity index (χ4v) is 2.89. The minimum absolute atomic E-state index is 0.182. The highest BCUT2D eigenvalue weighted by Gasteiger charge is 2.22. The average molecular weight is 305 g/mol. The Hall–Kier alpha value is -1.89. The zero-order valence-corrected chi connectivity index (χ0v) is 13.3. The van der Waals surface area contributed by atoms with E-state index in [9.17, 15) is 9.90 Å². The van der Waals surface area contributed by atoms with Gasteiger partial charge in [-0.15, -0.1) is 0 Å². The van der Waals surface area contributed by atoms with Crippen molar-refractivity contribution in [2.45, 2.75) is 64.1 Å². The topological polar surface area (TPSA) is 95.8 Å². The molecule has 0 unspecified atom stereocenters. The lowest BCUT2D eigenvalue weighted by Gasteiger charge is -2.26. The Morgan fingerprint density at radius 3 is 2.64 bits per heavy atom. The molecule has 1 saturated carbocycles. The van der Waals surface area contributed by atoms with Crippen molar-refractivity contribution in [2.24, 2.45) is 0 Å². The number of aromatic nitrogens is 4. The first-order chi connectivity index (χ1) is 10.3. The molecule has 0 amide bonds. The van der Waals surface area contributed by atoms with Crippen molar-refractivity contribution in [1.82, 2.24) is 19.7 Å². The Morgan fingerprint density at radius 2 is 2.00 bits per heavy atom. The molecule has 0 saturated heterocycles. The highest BCUT2D eigenvalue weighted by Crippen LogP contribution is 2.22. The van der Waals surface area contributed by atoms with E-state index in [1.54, 1.807) is 10.9 Å². The van der Waals surface area contributed by atoms with Crippen LogP contribution in [0.5, 0.6) is 0 Å². The van der Waals surface area contributed by atoms with Gasteiger partial charge in [0.15, 0.2) is 5.65 Å². The number of fused-ring (bicyclic) bond motifs is 1. The van der Waals surface area contributed by atoms with Crippen molar-refractivity contribution < 1.29 is 5.11 Å².